The normalized spacial score (nSPS) is 13.8. The fraction of sp³-hybridized carbons (Fsp3) is 0.312. The van der Waals surface area contributed by atoms with Crippen LogP contribution in [0.2, 0.25) is 0 Å². The summed E-state index contributed by atoms with van der Waals surface area (Å²) in [6, 6.07) is 7.19. The average molecular weight is 349 g/mol. The molecule has 0 bridgehead atoms. The monoisotopic (exact) mass is 349 g/mol. The van der Waals surface area contributed by atoms with Gasteiger partial charge in [-0.2, -0.15) is 26.3 Å². The Labute approximate surface area is 133 Å². The van der Waals surface area contributed by atoms with Crippen LogP contribution in [0.1, 0.15) is 30.1 Å². The van der Waals surface area contributed by atoms with Gasteiger partial charge in [-0.25, -0.2) is 0 Å². The van der Waals surface area contributed by atoms with Crippen LogP contribution in [-0.4, -0.2) is 16.3 Å². The molecular formula is C16H13F6NO. The molecule has 1 aromatic carbocycles. The van der Waals surface area contributed by atoms with Crippen LogP contribution in [0.25, 0.3) is 11.3 Å². The number of rotatable bonds is 4. The molecule has 1 unspecified atom stereocenters. The number of aliphatic hydroxyl groups excluding tert-OH is 1. The summed E-state index contributed by atoms with van der Waals surface area (Å²) in [7, 11) is 0. The topological polar surface area (TPSA) is 33.1 Å². The van der Waals surface area contributed by atoms with Gasteiger partial charge in [-0.3, -0.25) is 4.98 Å². The van der Waals surface area contributed by atoms with Gasteiger partial charge in [0, 0.05) is 18.2 Å². The predicted octanol–water partition coefficient (Wildman–Crippen LogP) is 5.14. The minimum atomic E-state index is -4.43. The first-order valence-electron chi connectivity index (χ1n) is 6.95. The highest BCUT2D eigenvalue weighted by atomic mass is 19.4. The quantitative estimate of drug-likeness (QED) is 0.775. The van der Waals surface area contributed by atoms with Crippen molar-refractivity contribution in [2.75, 3.05) is 0 Å². The molecule has 0 spiro atoms. The van der Waals surface area contributed by atoms with E-state index in [4.69, 9.17) is 0 Å². The maximum absolute atomic E-state index is 12.5. The number of halogens is 6. The van der Waals surface area contributed by atoms with Crippen LogP contribution in [0.3, 0.4) is 0 Å². The summed E-state index contributed by atoms with van der Waals surface area (Å²) < 4.78 is 73.9. The van der Waals surface area contributed by atoms with Gasteiger partial charge in [0.1, 0.15) is 0 Å². The number of aliphatic hydroxyl groups is 1. The Morgan fingerprint density at radius 3 is 2.00 bits per heavy atom. The zero-order valence-electron chi connectivity index (χ0n) is 12.2. The molecule has 24 heavy (non-hydrogen) atoms. The lowest BCUT2D eigenvalue weighted by Gasteiger charge is -2.13. The van der Waals surface area contributed by atoms with E-state index in [2.05, 4.69) is 4.98 Å². The number of hydrogen-bond donors (Lipinski definition) is 1. The first-order valence-corrected chi connectivity index (χ1v) is 6.95. The fourth-order valence-electron chi connectivity index (χ4n) is 2.07. The maximum Gasteiger partial charge on any atom is 0.416 e. The van der Waals surface area contributed by atoms with E-state index in [0.29, 0.717) is 11.3 Å². The smallest absolute Gasteiger partial charge is 0.388 e. The van der Waals surface area contributed by atoms with Crippen molar-refractivity contribution in [1.82, 2.24) is 4.98 Å². The zero-order chi connectivity index (χ0) is 18.0. The highest BCUT2D eigenvalue weighted by molar-refractivity contribution is 5.59. The minimum Gasteiger partial charge on any atom is -0.388 e. The third kappa shape index (κ3) is 4.95. The summed E-state index contributed by atoms with van der Waals surface area (Å²) in [4.78, 5) is 3.98. The van der Waals surface area contributed by atoms with Gasteiger partial charge in [-0.1, -0.05) is 18.2 Å². The van der Waals surface area contributed by atoms with Gasteiger partial charge >= 0.3 is 12.4 Å². The van der Waals surface area contributed by atoms with Crippen LogP contribution < -0.4 is 0 Å². The summed E-state index contributed by atoms with van der Waals surface area (Å²) in [5, 5.41) is 9.71. The highest BCUT2D eigenvalue weighted by Crippen LogP contribution is 2.31. The van der Waals surface area contributed by atoms with E-state index in [1.165, 1.54) is 30.5 Å². The molecule has 0 saturated carbocycles. The summed E-state index contributed by atoms with van der Waals surface area (Å²) in [6.45, 7) is 0. The Bertz CT molecular complexity index is 661. The fourth-order valence-corrected chi connectivity index (χ4v) is 2.07. The molecule has 0 aliphatic carbocycles. The van der Waals surface area contributed by atoms with E-state index in [1.807, 2.05) is 0 Å². The van der Waals surface area contributed by atoms with E-state index in [-0.39, 0.29) is 5.56 Å². The summed E-state index contributed by atoms with van der Waals surface area (Å²) in [5.74, 6) is 0. The SMILES string of the molecule is OC(CCC(F)(F)F)c1ccc(-c2ccc(C(F)(F)F)cc2)nc1. The molecule has 0 amide bonds. The van der Waals surface area contributed by atoms with E-state index in [9.17, 15) is 31.4 Å². The molecule has 0 aliphatic heterocycles. The summed E-state index contributed by atoms with van der Waals surface area (Å²) in [5.41, 5.74) is 0.218. The van der Waals surface area contributed by atoms with Gasteiger partial charge in [0.25, 0.3) is 0 Å². The molecule has 0 fully saturated rings. The van der Waals surface area contributed by atoms with E-state index < -0.39 is 36.9 Å². The van der Waals surface area contributed by atoms with Crippen LogP contribution >= 0.6 is 0 Å². The third-order valence-electron chi connectivity index (χ3n) is 3.38. The second-order valence-corrected chi connectivity index (χ2v) is 5.22. The van der Waals surface area contributed by atoms with Gasteiger partial charge in [-0.15, -0.1) is 0 Å². The van der Waals surface area contributed by atoms with E-state index >= 15 is 0 Å². The third-order valence-corrected chi connectivity index (χ3v) is 3.38. The van der Waals surface area contributed by atoms with Crippen molar-refractivity contribution in [3.63, 3.8) is 0 Å². The van der Waals surface area contributed by atoms with Crippen LogP contribution in [0.5, 0.6) is 0 Å². The largest absolute Gasteiger partial charge is 0.416 e. The highest BCUT2D eigenvalue weighted by Gasteiger charge is 2.30. The molecule has 2 rings (SSSR count). The molecule has 0 aliphatic rings. The van der Waals surface area contributed by atoms with E-state index in [0.717, 1.165) is 12.1 Å². The van der Waals surface area contributed by atoms with Crippen molar-refractivity contribution < 1.29 is 31.4 Å². The number of nitrogens with zero attached hydrogens (tertiary/aromatic N) is 1. The van der Waals surface area contributed by atoms with E-state index in [1.54, 1.807) is 0 Å². The summed E-state index contributed by atoms with van der Waals surface area (Å²) in [6.07, 6.45) is -10.5. The molecule has 0 radical (unpaired) electrons. The first kappa shape index (κ1) is 18.3. The van der Waals surface area contributed by atoms with Crippen molar-refractivity contribution >= 4 is 0 Å². The Morgan fingerprint density at radius 1 is 0.917 bits per heavy atom. The Morgan fingerprint density at radius 2 is 1.54 bits per heavy atom. The van der Waals surface area contributed by atoms with Gasteiger partial charge in [-0.05, 0) is 30.2 Å². The summed E-state index contributed by atoms with van der Waals surface area (Å²) >= 11 is 0. The number of alkyl halides is 6. The number of benzene rings is 1. The molecule has 8 heteroatoms. The molecule has 2 nitrogen and oxygen atoms in total. The Hall–Kier alpha value is -2.09. The molecule has 1 atom stereocenters. The molecule has 0 saturated heterocycles. The van der Waals surface area contributed by atoms with Crippen molar-refractivity contribution in [3.8, 4) is 11.3 Å². The van der Waals surface area contributed by atoms with Crippen molar-refractivity contribution in [3.05, 3.63) is 53.7 Å². The van der Waals surface area contributed by atoms with Gasteiger partial charge in [0.15, 0.2) is 0 Å². The van der Waals surface area contributed by atoms with Crippen LogP contribution in [0.15, 0.2) is 42.6 Å². The van der Waals surface area contributed by atoms with Crippen LogP contribution in [-0.2, 0) is 6.18 Å². The number of hydrogen-bond acceptors (Lipinski definition) is 2. The van der Waals surface area contributed by atoms with Crippen molar-refractivity contribution in [2.24, 2.45) is 0 Å². The first-order chi connectivity index (χ1) is 11.1. The lowest BCUT2D eigenvalue weighted by Crippen LogP contribution is -2.10. The average Bonchev–Trinajstić information content (AvgIpc) is 2.51. The second-order valence-electron chi connectivity index (χ2n) is 5.22. The predicted molar refractivity (Wildman–Crippen MR) is 74.9 cm³/mol. The molecule has 2 aromatic rings. The van der Waals surface area contributed by atoms with Gasteiger partial charge in [0.05, 0.1) is 17.4 Å². The van der Waals surface area contributed by atoms with Crippen molar-refractivity contribution in [1.29, 1.82) is 0 Å². The minimum absolute atomic E-state index is 0.218. The Kier molecular flexibility index (Phi) is 5.17. The number of aromatic nitrogens is 1. The molecule has 130 valence electrons. The lowest BCUT2D eigenvalue weighted by molar-refractivity contribution is -0.140. The molecule has 1 heterocycles. The van der Waals surface area contributed by atoms with Crippen LogP contribution in [0, 0.1) is 0 Å². The standard InChI is InChI=1S/C16H13F6NO/c17-15(18,19)8-7-14(24)11-3-6-13(23-9-11)10-1-4-12(5-2-10)16(20,21)22/h1-6,9,14,24H,7-8H2. The lowest BCUT2D eigenvalue weighted by atomic mass is 10.0. The van der Waals surface area contributed by atoms with Gasteiger partial charge in [0.2, 0.25) is 0 Å². The Balaban J connectivity index is 2.09. The molecule has 1 aromatic heterocycles. The molecule has 1 N–H and O–H groups in total. The van der Waals surface area contributed by atoms with Gasteiger partial charge < -0.3 is 5.11 Å². The second kappa shape index (κ2) is 6.80. The zero-order valence-corrected chi connectivity index (χ0v) is 12.2. The van der Waals surface area contributed by atoms with Crippen LogP contribution in [0.4, 0.5) is 26.3 Å². The maximum atomic E-state index is 12.5. The van der Waals surface area contributed by atoms with Crippen molar-refractivity contribution in [2.45, 2.75) is 31.3 Å². The molecular weight excluding hydrogens is 336 g/mol. The number of pyridine rings is 1.